The predicted octanol–water partition coefficient (Wildman–Crippen LogP) is 3.20. The largest absolute Gasteiger partial charge is 0.370 e. The van der Waals surface area contributed by atoms with E-state index in [9.17, 15) is 0 Å². The van der Waals surface area contributed by atoms with E-state index < -0.39 is 0 Å². The summed E-state index contributed by atoms with van der Waals surface area (Å²) in [6.07, 6.45) is 4.52. The molecule has 1 atom stereocenters. The molecule has 1 fully saturated rings. The van der Waals surface area contributed by atoms with Gasteiger partial charge in [-0.3, -0.25) is 0 Å². The van der Waals surface area contributed by atoms with Crippen molar-refractivity contribution in [3.63, 3.8) is 0 Å². The molecule has 0 unspecified atom stereocenters. The van der Waals surface area contributed by atoms with E-state index in [2.05, 4.69) is 37.9 Å². The molecule has 0 amide bonds. The normalized spacial score (nSPS) is 17.0. The van der Waals surface area contributed by atoms with Crippen LogP contribution in [0.1, 0.15) is 12.0 Å². The summed E-state index contributed by atoms with van der Waals surface area (Å²) in [6, 6.07) is 10.0. The Labute approximate surface area is 150 Å². The third-order valence-electron chi connectivity index (χ3n) is 4.82. The van der Waals surface area contributed by atoms with Crippen LogP contribution in [0.3, 0.4) is 0 Å². The average molecular weight is 353 g/mol. The molecule has 1 N–H and O–H groups in total. The van der Waals surface area contributed by atoms with E-state index in [-0.39, 0.29) is 0 Å². The van der Waals surface area contributed by atoms with Gasteiger partial charge in [0.1, 0.15) is 23.9 Å². The van der Waals surface area contributed by atoms with Crippen LogP contribution in [-0.2, 0) is 0 Å². The molecule has 25 heavy (non-hydrogen) atoms. The number of H-pyrrole nitrogens is 1. The van der Waals surface area contributed by atoms with Gasteiger partial charge < -0.3 is 14.8 Å². The van der Waals surface area contributed by atoms with Crippen molar-refractivity contribution in [1.82, 2.24) is 15.0 Å². The highest BCUT2D eigenvalue weighted by Crippen LogP contribution is 2.30. The third kappa shape index (κ3) is 2.77. The number of aromatic amines is 1. The number of halogens is 1. The molecule has 7 heteroatoms. The Hall–Kier alpha value is -2.78. The van der Waals surface area contributed by atoms with Gasteiger partial charge in [-0.15, -0.1) is 0 Å². The van der Waals surface area contributed by atoms with E-state index in [0.717, 1.165) is 42.0 Å². The molecule has 3 heterocycles. The highest BCUT2D eigenvalue weighted by atomic mass is 35.5. The molecule has 1 saturated heterocycles. The number of nitrogens with one attached hydrogen (secondary N) is 1. The smallest absolute Gasteiger partial charge is 0.142 e. The first-order valence-corrected chi connectivity index (χ1v) is 8.50. The first-order valence-electron chi connectivity index (χ1n) is 8.13. The van der Waals surface area contributed by atoms with Crippen LogP contribution < -0.4 is 9.80 Å². The highest BCUT2D eigenvalue weighted by molar-refractivity contribution is 6.32. The fraction of sp³-hybridized carbons (Fsp3) is 0.278. The number of hydrogen-bond acceptors (Lipinski definition) is 5. The fourth-order valence-corrected chi connectivity index (χ4v) is 3.60. The molecule has 0 saturated carbocycles. The second-order valence-corrected chi connectivity index (χ2v) is 6.62. The molecular formula is C18H17ClN6. The van der Waals surface area contributed by atoms with Crippen LogP contribution in [-0.4, -0.2) is 41.1 Å². The van der Waals surface area contributed by atoms with Crippen molar-refractivity contribution < 1.29 is 0 Å². The molecule has 1 aliphatic rings. The SMILES string of the molecule is CN(c1ccc(C#N)c(Cl)c1)[C@@H]1CCN(c2ncnc3[nH]ccc23)C1. The summed E-state index contributed by atoms with van der Waals surface area (Å²) in [5, 5.41) is 10.6. The van der Waals surface area contributed by atoms with Crippen LogP contribution in [0.25, 0.3) is 11.0 Å². The van der Waals surface area contributed by atoms with Crippen LogP contribution >= 0.6 is 11.6 Å². The van der Waals surface area contributed by atoms with Gasteiger partial charge in [0.05, 0.1) is 16.0 Å². The summed E-state index contributed by atoms with van der Waals surface area (Å²) in [5.41, 5.74) is 2.38. The fourth-order valence-electron chi connectivity index (χ4n) is 3.39. The van der Waals surface area contributed by atoms with Crippen LogP contribution in [0, 0.1) is 11.3 Å². The number of rotatable bonds is 3. The lowest BCUT2D eigenvalue weighted by Gasteiger charge is -2.27. The molecule has 0 bridgehead atoms. The molecule has 4 rings (SSSR count). The zero-order chi connectivity index (χ0) is 17.4. The van der Waals surface area contributed by atoms with Gasteiger partial charge in [-0.2, -0.15) is 5.26 Å². The van der Waals surface area contributed by atoms with Gasteiger partial charge in [-0.25, -0.2) is 9.97 Å². The quantitative estimate of drug-likeness (QED) is 0.783. The number of hydrogen-bond donors (Lipinski definition) is 1. The molecule has 0 aliphatic carbocycles. The maximum Gasteiger partial charge on any atom is 0.142 e. The van der Waals surface area contributed by atoms with Gasteiger partial charge in [0.15, 0.2) is 0 Å². The standard InChI is InChI=1S/C18H17ClN6/c1-24(13-3-2-12(9-20)16(19)8-13)14-5-7-25(10-14)18-15-4-6-21-17(15)22-11-23-18/h2-4,6,8,11,14H,5,7,10H2,1H3,(H,21,22,23)/t14-/m1/s1. The lowest BCUT2D eigenvalue weighted by molar-refractivity contribution is 0.692. The van der Waals surface area contributed by atoms with Gasteiger partial charge in [0.2, 0.25) is 0 Å². The Morgan fingerprint density at radius 2 is 2.24 bits per heavy atom. The Morgan fingerprint density at radius 1 is 1.36 bits per heavy atom. The van der Waals surface area contributed by atoms with Gasteiger partial charge in [0.25, 0.3) is 0 Å². The monoisotopic (exact) mass is 352 g/mol. The summed E-state index contributed by atoms with van der Waals surface area (Å²) >= 11 is 6.18. The second kappa shape index (κ2) is 6.26. The summed E-state index contributed by atoms with van der Waals surface area (Å²) in [6.45, 7) is 1.82. The minimum atomic E-state index is 0.355. The molecule has 0 radical (unpaired) electrons. The highest BCUT2D eigenvalue weighted by Gasteiger charge is 2.28. The molecular weight excluding hydrogens is 336 g/mol. The zero-order valence-electron chi connectivity index (χ0n) is 13.8. The number of benzene rings is 1. The predicted molar refractivity (Wildman–Crippen MR) is 99.1 cm³/mol. The minimum Gasteiger partial charge on any atom is -0.370 e. The van der Waals surface area contributed by atoms with Crippen LogP contribution in [0.2, 0.25) is 5.02 Å². The first kappa shape index (κ1) is 15.7. The van der Waals surface area contributed by atoms with Gasteiger partial charge >= 0.3 is 0 Å². The number of aromatic nitrogens is 3. The summed E-state index contributed by atoms with van der Waals surface area (Å²) in [7, 11) is 2.07. The third-order valence-corrected chi connectivity index (χ3v) is 5.14. The molecule has 126 valence electrons. The Morgan fingerprint density at radius 3 is 3.04 bits per heavy atom. The summed E-state index contributed by atoms with van der Waals surface area (Å²) in [5.74, 6) is 0.972. The maximum atomic E-state index is 9.02. The lowest BCUT2D eigenvalue weighted by atomic mass is 10.1. The van der Waals surface area contributed by atoms with E-state index in [1.54, 1.807) is 12.4 Å². The van der Waals surface area contributed by atoms with Crippen molar-refractivity contribution in [3.05, 3.63) is 47.4 Å². The van der Waals surface area contributed by atoms with Gasteiger partial charge in [-0.1, -0.05) is 11.6 Å². The van der Waals surface area contributed by atoms with E-state index in [4.69, 9.17) is 16.9 Å². The summed E-state index contributed by atoms with van der Waals surface area (Å²) in [4.78, 5) is 16.4. The Bertz CT molecular complexity index is 960. The van der Waals surface area contributed by atoms with E-state index in [1.165, 1.54) is 0 Å². The second-order valence-electron chi connectivity index (χ2n) is 6.21. The molecule has 3 aromatic rings. The topological polar surface area (TPSA) is 71.8 Å². The summed E-state index contributed by atoms with van der Waals surface area (Å²) < 4.78 is 0. The molecule has 2 aromatic heterocycles. The van der Waals surface area contributed by atoms with Crippen molar-refractivity contribution in [2.45, 2.75) is 12.5 Å². The number of nitriles is 1. The van der Waals surface area contributed by atoms with E-state index in [1.807, 2.05) is 24.4 Å². The van der Waals surface area contributed by atoms with E-state index in [0.29, 0.717) is 16.6 Å². The van der Waals surface area contributed by atoms with Crippen molar-refractivity contribution in [3.8, 4) is 6.07 Å². The lowest BCUT2D eigenvalue weighted by Crippen LogP contribution is -2.34. The minimum absolute atomic E-state index is 0.355. The Balaban J connectivity index is 1.55. The average Bonchev–Trinajstić information content (AvgIpc) is 3.30. The van der Waals surface area contributed by atoms with E-state index >= 15 is 0 Å². The van der Waals surface area contributed by atoms with Gasteiger partial charge in [-0.05, 0) is 30.7 Å². The Kier molecular flexibility index (Phi) is 3.94. The van der Waals surface area contributed by atoms with Crippen molar-refractivity contribution in [1.29, 1.82) is 5.26 Å². The molecule has 1 aliphatic heterocycles. The van der Waals surface area contributed by atoms with Crippen molar-refractivity contribution in [2.75, 3.05) is 29.9 Å². The maximum absolute atomic E-state index is 9.02. The number of likely N-dealkylation sites (N-methyl/N-ethyl adjacent to an activating group) is 1. The number of fused-ring (bicyclic) bond motifs is 1. The first-order chi connectivity index (χ1) is 12.2. The zero-order valence-corrected chi connectivity index (χ0v) is 14.5. The van der Waals surface area contributed by atoms with Crippen LogP contribution in [0.15, 0.2) is 36.8 Å². The number of nitrogens with zero attached hydrogens (tertiary/aromatic N) is 5. The van der Waals surface area contributed by atoms with Crippen LogP contribution in [0.5, 0.6) is 0 Å². The molecule has 1 aromatic carbocycles. The van der Waals surface area contributed by atoms with Crippen molar-refractivity contribution in [2.24, 2.45) is 0 Å². The molecule has 0 spiro atoms. The van der Waals surface area contributed by atoms with Crippen LogP contribution in [0.4, 0.5) is 11.5 Å². The number of anilines is 2. The van der Waals surface area contributed by atoms with Gasteiger partial charge in [0, 0.05) is 38.1 Å². The van der Waals surface area contributed by atoms with Crippen molar-refractivity contribution >= 4 is 34.1 Å². The molecule has 6 nitrogen and oxygen atoms in total.